The predicted octanol–water partition coefficient (Wildman–Crippen LogP) is 3.15. The molecule has 0 aromatic heterocycles. The van der Waals surface area contributed by atoms with Gasteiger partial charge in [-0.2, -0.15) is 0 Å². The molecule has 1 heterocycles. The largest absolute Gasteiger partial charge is 0.378 e. The van der Waals surface area contributed by atoms with Gasteiger partial charge >= 0.3 is 0 Å². The van der Waals surface area contributed by atoms with Gasteiger partial charge in [0.15, 0.2) is 0 Å². The molecule has 4 nitrogen and oxygen atoms in total. The van der Waals surface area contributed by atoms with Crippen LogP contribution in [0.1, 0.15) is 15.9 Å². The second-order valence-electron chi connectivity index (χ2n) is 5.78. The van der Waals surface area contributed by atoms with Gasteiger partial charge < -0.3 is 15.0 Å². The molecule has 0 unspecified atom stereocenters. The predicted molar refractivity (Wildman–Crippen MR) is 97.0 cm³/mol. The summed E-state index contributed by atoms with van der Waals surface area (Å²) < 4.78 is 5.36. The number of nitrogens with zero attached hydrogens (tertiary/aromatic N) is 1. The zero-order valence-corrected chi connectivity index (χ0v) is 14.3. The first-order valence-electron chi connectivity index (χ1n) is 8.18. The van der Waals surface area contributed by atoms with Crippen molar-refractivity contribution in [2.45, 2.75) is 6.42 Å². The lowest BCUT2D eigenvalue weighted by Gasteiger charge is -2.28. The number of carbonyl (C=O) groups excluding carboxylic acids is 1. The third-order valence-electron chi connectivity index (χ3n) is 4.12. The van der Waals surface area contributed by atoms with Crippen molar-refractivity contribution in [1.82, 2.24) is 5.32 Å². The Balaban J connectivity index is 1.50. The molecule has 5 heteroatoms. The van der Waals surface area contributed by atoms with Crippen molar-refractivity contribution in [1.29, 1.82) is 0 Å². The maximum atomic E-state index is 12.2. The Hall–Kier alpha value is -2.04. The maximum Gasteiger partial charge on any atom is 0.251 e. The average Bonchev–Trinajstić information content (AvgIpc) is 2.64. The molecule has 1 amide bonds. The van der Waals surface area contributed by atoms with Crippen molar-refractivity contribution >= 4 is 23.2 Å². The number of rotatable bonds is 5. The standard InChI is InChI=1S/C19H21ClN2O2/c20-17-5-1-15(2-6-17)9-10-21-19(23)16-3-7-18(8-4-16)22-11-13-24-14-12-22/h1-8H,9-14H2,(H,21,23). The summed E-state index contributed by atoms with van der Waals surface area (Å²) in [5.41, 5.74) is 2.97. The van der Waals surface area contributed by atoms with Crippen molar-refractivity contribution in [3.05, 3.63) is 64.7 Å². The van der Waals surface area contributed by atoms with Crippen molar-refractivity contribution in [2.24, 2.45) is 0 Å². The van der Waals surface area contributed by atoms with Gasteiger partial charge in [0.25, 0.3) is 5.91 Å². The van der Waals surface area contributed by atoms with Crippen LogP contribution < -0.4 is 10.2 Å². The van der Waals surface area contributed by atoms with Crippen LogP contribution in [0.15, 0.2) is 48.5 Å². The summed E-state index contributed by atoms with van der Waals surface area (Å²) in [6.07, 6.45) is 0.786. The summed E-state index contributed by atoms with van der Waals surface area (Å²) in [6, 6.07) is 15.4. The van der Waals surface area contributed by atoms with Crippen LogP contribution in [0.25, 0.3) is 0 Å². The Labute approximate surface area is 147 Å². The van der Waals surface area contributed by atoms with Gasteiger partial charge in [-0.15, -0.1) is 0 Å². The lowest BCUT2D eigenvalue weighted by molar-refractivity contribution is 0.0954. The first-order chi connectivity index (χ1) is 11.7. The fraction of sp³-hybridized carbons (Fsp3) is 0.316. The first kappa shape index (κ1) is 16.8. The van der Waals surface area contributed by atoms with Crippen LogP contribution in [0.4, 0.5) is 5.69 Å². The van der Waals surface area contributed by atoms with Gasteiger partial charge in [0.2, 0.25) is 0 Å². The number of morpholine rings is 1. The fourth-order valence-electron chi connectivity index (χ4n) is 2.72. The fourth-order valence-corrected chi connectivity index (χ4v) is 2.84. The third-order valence-corrected chi connectivity index (χ3v) is 4.37. The van der Waals surface area contributed by atoms with Gasteiger partial charge in [-0.3, -0.25) is 4.79 Å². The van der Waals surface area contributed by atoms with E-state index in [9.17, 15) is 4.79 Å². The molecule has 1 saturated heterocycles. The molecule has 1 N–H and O–H groups in total. The number of nitrogens with one attached hydrogen (secondary N) is 1. The van der Waals surface area contributed by atoms with Gasteiger partial charge in [0, 0.05) is 35.9 Å². The van der Waals surface area contributed by atoms with E-state index in [1.807, 2.05) is 48.5 Å². The Morgan fingerprint density at radius 2 is 1.71 bits per heavy atom. The molecule has 0 aliphatic carbocycles. The number of carbonyl (C=O) groups is 1. The number of amides is 1. The zero-order chi connectivity index (χ0) is 16.8. The van der Waals surface area contributed by atoms with Crippen molar-refractivity contribution in [2.75, 3.05) is 37.7 Å². The highest BCUT2D eigenvalue weighted by Gasteiger charge is 2.12. The molecule has 2 aromatic carbocycles. The van der Waals surface area contributed by atoms with E-state index in [4.69, 9.17) is 16.3 Å². The van der Waals surface area contributed by atoms with Gasteiger partial charge in [-0.1, -0.05) is 23.7 Å². The molecular weight excluding hydrogens is 324 g/mol. The van der Waals surface area contributed by atoms with Gasteiger partial charge in [-0.25, -0.2) is 0 Å². The summed E-state index contributed by atoms with van der Waals surface area (Å²) in [5, 5.41) is 3.68. The van der Waals surface area contributed by atoms with E-state index >= 15 is 0 Å². The van der Waals surface area contributed by atoms with E-state index in [1.54, 1.807) is 0 Å². The topological polar surface area (TPSA) is 41.6 Å². The number of anilines is 1. The maximum absolute atomic E-state index is 12.2. The number of benzene rings is 2. The molecule has 0 atom stereocenters. The van der Waals surface area contributed by atoms with Gasteiger partial charge in [0.05, 0.1) is 13.2 Å². The second-order valence-corrected chi connectivity index (χ2v) is 6.22. The molecule has 24 heavy (non-hydrogen) atoms. The van der Waals surface area contributed by atoms with Crippen molar-refractivity contribution in [3.63, 3.8) is 0 Å². The highest BCUT2D eigenvalue weighted by molar-refractivity contribution is 6.30. The van der Waals surface area contributed by atoms with Crippen LogP contribution in [0.3, 0.4) is 0 Å². The molecule has 0 spiro atoms. The number of halogens is 1. The van der Waals surface area contributed by atoms with Gasteiger partial charge in [-0.05, 0) is 48.4 Å². The Bertz CT molecular complexity index is 665. The first-order valence-corrected chi connectivity index (χ1v) is 8.55. The summed E-state index contributed by atoms with van der Waals surface area (Å²) in [6.45, 7) is 3.91. The summed E-state index contributed by atoms with van der Waals surface area (Å²) >= 11 is 5.86. The Morgan fingerprint density at radius 1 is 1.04 bits per heavy atom. The van der Waals surface area contributed by atoms with Crippen LogP contribution in [-0.2, 0) is 11.2 Å². The van der Waals surface area contributed by atoms with Crippen molar-refractivity contribution in [3.8, 4) is 0 Å². The number of hydrogen-bond donors (Lipinski definition) is 1. The SMILES string of the molecule is O=C(NCCc1ccc(Cl)cc1)c1ccc(N2CCOCC2)cc1. The van der Waals surface area contributed by atoms with Crippen LogP contribution in [-0.4, -0.2) is 38.8 Å². The van der Waals surface area contributed by atoms with E-state index in [-0.39, 0.29) is 5.91 Å². The minimum atomic E-state index is -0.0440. The van der Waals surface area contributed by atoms with Crippen LogP contribution in [0.5, 0.6) is 0 Å². The third kappa shape index (κ3) is 4.49. The second kappa shape index (κ2) is 8.18. The number of hydrogen-bond acceptors (Lipinski definition) is 3. The van der Waals surface area contributed by atoms with E-state index in [2.05, 4.69) is 10.2 Å². The normalized spacial score (nSPS) is 14.5. The molecule has 1 aliphatic heterocycles. The molecule has 0 radical (unpaired) electrons. The van der Waals surface area contributed by atoms with Crippen LogP contribution in [0.2, 0.25) is 5.02 Å². The smallest absolute Gasteiger partial charge is 0.251 e. The van der Waals surface area contributed by atoms with Crippen LogP contribution >= 0.6 is 11.6 Å². The summed E-state index contributed by atoms with van der Waals surface area (Å²) in [4.78, 5) is 14.5. The lowest BCUT2D eigenvalue weighted by Crippen LogP contribution is -2.36. The molecule has 1 fully saturated rings. The van der Waals surface area contributed by atoms with Crippen LogP contribution in [0, 0.1) is 0 Å². The number of ether oxygens (including phenoxy) is 1. The van der Waals surface area contributed by atoms with E-state index < -0.39 is 0 Å². The molecular formula is C19H21ClN2O2. The molecule has 1 aliphatic rings. The molecule has 126 valence electrons. The zero-order valence-electron chi connectivity index (χ0n) is 13.5. The summed E-state index contributed by atoms with van der Waals surface area (Å²) in [5.74, 6) is -0.0440. The molecule has 2 aromatic rings. The average molecular weight is 345 g/mol. The van der Waals surface area contributed by atoms with E-state index in [1.165, 1.54) is 0 Å². The van der Waals surface area contributed by atoms with E-state index in [0.29, 0.717) is 12.1 Å². The monoisotopic (exact) mass is 344 g/mol. The highest BCUT2D eigenvalue weighted by Crippen LogP contribution is 2.16. The Morgan fingerprint density at radius 3 is 2.38 bits per heavy atom. The van der Waals surface area contributed by atoms with Crippen molar-refractivity contribution < 1.29 is 9.53 Å². The molecule has 3 rings (SSSR count). The summed E-state index contributed by atoms with van der Waals surface area (Å²) in [7, 11) is 0. The minimum Gasteiger partial charge on any atom is -0.378 e. The minimum absolute atomic E-state index is 0.0440. The molecule has 0 bridgehead atoms. The quantitative estimate of drug-likeness (QED) is 0.906. The van der Waals surface area contributed by atoms with E-state index in [0.717, 1.165) is 49.0 Å². The Kier molecular flexibility index (Phi) is 5.72. The lowest BCUT2D eigenvalue weighted by atomic mass is 10.1. The highest BCUT2D eigenvalue weighted by atomic mass is 35.5. The van der Waals surface area contributed by atoms with Gasteiger partial charge in [0.1, 0.15) is 0 Å². The molecule has 0 saturated carbocycles.